The van der Waals surface area contributed by atoms with Crippen LogP contribution in [-0.4, -0.2) is 27.1 Å². The molecule has 5 nitrogen and oxygen atoms in total. The number of carbonyl (C=O) groups excluding carboxylic acids is 1. The van der Waals surface area contributed by atoms with E-state index < -0.39 is 0 Å². The first-order valence-electron chi connectivity index (χ1n) is 10.7. The Hall–Kier alpha value is -4.00. The molecule has 0 bridgehead atoms. The van der Waals surface area contributed by atoms with Crippen molar-refractivity contribution in [3.05, 3.63) is 113 Å². The zero-order chi connectivity index (χ0) is 22.8. The molecule has 5 rings (SSSR count). The number of fused-ring (bicyclic) bond motifs is 1. The minimum atomic E-state index is -0.359. The molecule has 0 aliphatic carbocycles. The molecule has 3 aromatic carbocycles. The first-order valence-corrected chi connectivity index (χ1v) is 10.7. The number of ether oxygens (including phenoxy) is 1. The molecule has 1 aliphatic heterocycles. The molecular weight excluding hydrogens is 424 g/mol. The average molecular weight is 445 g/mol. The maximum Gasteiger partial charge on any atom is 0.278 e. The first kappa shape index (κ1) is 20.9. The first-order chi connectivity index (χ1) is 16.1. The zero-order valence-electron chi connectivity index (χ0n) is 17.7. The summed E-state index contributed by atoms with van der Waals surface area (Å²) in [5, 5.41) is 4.49. The van der Waals surface area contributed by atoms with Gasteiger partial charge in [-0.05, 0) is 59.5 Å². The number of rotatable bonds is 5. The van der Waals surface area contributed by atoms with Crippen LogP contribution in [0.3, 0.4) is 0 Å². The van der Waals surface area contributed by atoms with E-state index in [-0.39, 0.29) is 29.8 Å². The highest BCUT2D eigenvalue weighted by Crippen LogP contribution is 2.26. The highest BCUT2D eigenvalue weighted by atomic mass is 19.1. The van der Waals surface area contributed by atoms with Crippen molar-refractivity contribution in [2.24, 2.45) is 0 Å². The normalized spacial score (nSPS) is 13.0. The molecule has 1 aliphatic rings. The molecule has 0 fully saturated rings. The predicted molar refractivity (Wildman–Crippen MR) is 119 cm³/mol. The summed E-state index contributed by atoms with van der Waals surface area (Å²) in [6, 6.07) is 19.9. The third kappa shape index (κ3) is 4.48. The summed E-state index contributed by atoms with van der Waals surface area (Å²) < 4.78 is 34.0. The Morgan fingerprint density at radius 3 is 2.30 bits per heavy atom. The smallest absolute Gasteiger partial charge is 0.278 e. The van der Waals surface area contributed by atoms with Crippen LogP contribution in [0.25, 0.3) is 5.69 Å². The van der Waals surface area contributed by atoms with Gasteiger partial charge in [0.25, 0.3) is 5.91 Å². The molecule has 1 aromatic heterocycles. The molecule has 0 N–H and O–H groups in total. The van der Waals surface area contributed by atoms with Gasteiger partial charge in [-0.1, -0.05) is 36.4 Å². The molecule has 0 saturated carbocycles. The molecular formula is C26H21F2N3O2. The second-order valence-corrected chi connectivity index (χ2v) is 7.92. The van der Waals surface area contributed by atoms with Gasteiger partial charge in [0.15, 0.2) is 11.4 Å². The molecule has 2 heterocycles. The SMILES string of the molecule is O=C(c1nn(-c2ccc(F)cc2)cc1OCc1ccc(F)cc1)N1CCc2ccccc2C1. The van der Waals surface area contributed by atoms with Crippen molar-refractivity contribution in [1.29, 1.82) is 0 Å². The Morgan fingerprint density at radius 1 is 0.909 bits per heavy atom. The van der Waals surface area contributed by atoms with E-state index in [1.807, 2.05) is 18.2 Å². The van der Waals surface area contributed by atoms with Crippen molar-refractivity contribution in [3.63, 3.8) is 0 Å². The van der Waals surface area contributed by atoms with E-state index in [2.05, 4.69) is 11.2 Å². The fraction of sp³-hybridized carbons (Fsp3) is 0.154. The molecule has 0 unspecified atom stereocenters. The predicted octanol–water partition coefficient (Wildman–Crippen LogP) is 4.93. The van der Waals surface area contributed by atoms with E-state index in [4.69, 9.17) is 4.74 Å². The summed E-state index contributed by atoms with van der Waals surface area (Å²) in [5.74, 6) is -0.613. The molecule has 1 amide bonds. The summed E-state index contributed by atoms with van der Waals surface area (Å²) in [6.07, 6.45) is 2.38. The van der Waals surface area contributed by atoms with Gasteiger partial charge in [0, 0.05) is 13.1 Å². The second kappa shape index (κ2) is 8.86. The number of benzene rings is 3. The lowest BCUT2D eigenvalue weighted by atomic mass is 10.00. The molecule has 0 atom stereocenters. The highest BCUT2D eigenvalue weighted by molar-refractivity contribution is 5.95. The topological polar surface area (TPSA) is 47.4 Å². The quantitative estimate of drug-likeness (QED) is 0.438. The lowest BCUT2D eigenvalue weighted by molar-refractivity contribution is 0.0723. The number of amides is 1. The molecule has 166 valence electrons. The standard InChI is InChI=1S/C26H21F2N3O2/c27-21-7-5-18(6-8-21)17-33-24-16-31(23-11-9-22(28)10-12-23)29-25(24)26(32)30-14-13-19-3-1-2-4-20(19)15-30/h1-12,16H,13-15,17H2. The van der Waals surface area contributed by atoms with Gasteiger partial charge < -0.3 is 9.64 Å². The lowest BCUT2D eigenvalue weighted by Crippen LogP contribution is -2.36. The van der Waals surface area contributed by atoms with E-state index in [1.54, 1.807) is 35.4 Å². The van der Waals surface area contributed by atoms with E-state index >= 15 is 0 Å². The fourth-order valence-electron chi connectivity index (χ4n) is 3.90. The van der Waals surface area contributed by atoms with Crippen LogP contribution in [-0.2, 0) is 19.6 Å². The van der Waals surface area contributed by atoms with Gasteiger partial charge in [0.05, 0.1) is 11.9 Å². The number of aromatic nitrogens is 2. The zero-order valence-corrected chi connectivity index (χ0v) is 17.7. The van der Waals surface area contributed by atoms with Crippen LogP contribution in [0.5, 0.6) is 5.75 Å². The van der Waals surface area contributed by atoms with Gasteiger partial charge in [-0.3, -0.25) is 4.79 Å². The highest BCUT2D eigenvalue weighted by Gasteiger charge is 2.27. The fourth-order valence-corrected chi connectivity index (χ4v) is 3.90. The van der Waals surface area contributed by atoms with Crippen LogP contribution < -0.4 is 4.74 Å². The van der Waals surface area contributed by atoms with Crippen molar-refractivity contribution >= 4 is 5.91 Å². The van der Waals surface area contributed by atoms with Gasteiger partial charge in [-0.2, -0.15) is 5.10 Å². The van der Waals surface area contributed by atoms with Crippen molar-refractivity contribution in [1.82, 2.24) is 14.7 Å². The van der Waals surface area contributed by atoms with Gasteiger partial charge in [0.1, 0.15) is 18.2 Å². The summed E-state index contributed by atoms with van der Waals surface area (Å²) in [5.41, 5.74) is 3.90. The molecule has 0 radical (unpaired) electrons. The minimum absolute atomic E-state index is 0.151. The Labute approximate surface area is 189 Å². The third-order valence-electron chi connectivity index (χ3n) is 5.70. The van der Waals surface area contributed by atoms with Gasteiger partial charge >= 0.3 is 0 Å². The van der Waals surface area contributed by atoms with Crippen molar-refractivity contribution in [2.45, 2.75) is 19.6 Å². The van der Waals surface area contributed by atoms with Crippen molar-refractivity contribution < 1.29 is 18.3 Å². The summed E-state index contributed by atoms with van der Waals surface area (Å²) in [6.45, 7) is 1.23. The van der Waals surface area contributed by atoms with Crippen LogP contribution in [0, 0.1) is 11.6 Å². The van der Waals surface area contributed by atoms with Gasteiger partial charge in [-0.25, -0.2) is 13.5 Å². The summed E-state index contributed by atoms with van der Waals surface area (Å²) in [4.78, 5) is 15.2. The van der Waals surface area contributed by atoms with Crippen LogP contribution in [0.15, 0.2) is 79.0 Å². The maximum absolute atomic E-state index is 13.4. The largest absolute Gasteiger partial charge is 0.485 e. The Kier molecular flexibility index (Phi) is 5.60. The van der Waals surface area contributed by atoms with Crippen LogP contribution >= 0.6 is 0 Å². The third-order valence-corrected chi connectivity index (χ3v) is 5.70. The van der Waals surface area contributed by atoms with E-state index in [9.17, 15) is 13.6 Å². The molecule has 7 heteroatoms. The number of hydrogen-bond acceptors (Lipinski definition) is 3. The van der Waals surface area contributed by atoms with Gasteiger partial charge in [-0.15, -0.1) is 0 Å². The second-order valence-electron chi connectivity index (χ2n) is 7.92. The van der Waals surface area contributed by atoms with E-state index in [0.717, 1.165) is 17.5 Å². The minimum Gasteiger partial charge on any atom is -0.485 e. The number of hydrogen-bond donors (Lipinski definition) is 0. The molecule has 33 heavy (non-hydrogen) atoms. The number of carbonyl (C=O) groups is 1. The number of nitrogens with zero attached hydrogens (tertiary/aromatic N) is 3. The Bertz CT molecular complexity index is 1280. The average Bonchev–Trinajstić information content (AvgIpc) is 3.27. The molecule has 0 spiro atoms. The summed E-state index contributed by atoms with van der Waals surface area (Å²) in [7, 11) is 0. The van der Waals surface area contributed by atoms with Crippen LogP contribution in [0.4, 0.5) is 8.78 Å². The Balaban J connectivity index is 1.44. The number of halogens is 2. The Morgan fingerprint density at radius 2 is 1.58 bits per heavy atom. The lowest BCUT2D eigenvalue weighted by Gasteiger charge is -2.28. The molecule has 0 saturated heterocycles. The summed E-state index contributed by atoms with van der Waals surface area (Å²) >= 11 is 0. The van der Waals surface area contributed by atoms with Crippen LogP contribution in [0.1, 0.15) is 27.2 Å². The maximum atomic E-state index is 13.4. The molecule has 4 aromatic rings. The van der Waals surface area contributed by atoms with Crippen molar-refractivity contribution in [2.75, 3.05) is 6.54 Å². The van der Waals surface area contributed by atoms with E-state index in [0.29, 0.717) is 24.5 Å². The van der Waals surface area contributed by atoms with Gasteiger partial charge in [0.2, 0.25) is 0 Å². The van der Waals surface area contributed by atoms with Crippen LogP contribution in [0.2, 0.25) is 0 Å². The van der Waals surface area contributed by atoms with E-state index in [1.165, 1.54) is 34.5 Å². The van der Waals surface area contributed by atoms with Crippen molar-refractivity contribution in [3.8, 4) is 11.4 Å². The monoisotopic (exact) mass is 445 g/mol.